The molecule has 1 aliphatic heterocycles. The van der Waals surface area contributed by atoms with Crippen LogP contribution in [0.15, 0.2) is 0 Å². The minimum Gasteiger partial charge on any atom is -0.334 e. The number of imide groups is 1. The molecule has 2 atom stereocenters. The van der Waals surface area contributed by atoms with E-state index in [1.165, 1.54) is 4.90 Å². The molecule has 1 N–H and O–H groups in total. The Morgan fingerprint density at radius 1 is 1.40 bits per heavy atom. The Labute approximate surface area is 90.0 Å². The first kappa shape index (κ1) is 10.5. The molecule has 0 aromatic heterocycles. The summed E-state index contributed by atoms with van der Waals surface area (Å²) in [6.45, 7) is 2.63. The van der Waals surface area contributed by atoms with Gasteiger partial charge in [-0.1, -0.05) is 19.8 Å². The highest BCUT2D eigenvalue weighted by molar-refractivity contribution is 5.98. The SMILES string of the molecule is CCCCN1C(=O)NC2CCCC2C1=O. The fourth-order valence-corrected chi connectivity index (χ4v) is 2.49. The maximum atomic E-state index is 12.0. The molecule has 0 aromatic carbocycles. The number of nitrogens with one attached hydrogen (secondary N) is 1. The van der Waals surface area contributed by atoms with Gasteiger partial charge in [-0.15, -0.1) is 0 Å². The molecule has 2 rings (SSSR count). The predicted molar refractivity (Wildman–Crippen MR) is 56.3 cm³/mol. The van der Waals surface area contributed by atoms with Gasteiger partial charge in [0.2, 0.25) is 5.91 Å². The lowest BCUT2D eigenvalue weighted by Gasteiger charge is -2.33. The molecule has 4 nitrogen and oxygen atoms in total. The van der Waals surface area contributed by atoms with Crippen molar-refractivity contribution in [2.75, 3.05) is 6.54 Å². The summed E-state index contributed by atoms with van der Waals surface area (Å²) in [7, 11) is 0. The molecule has 1 aliphatic carbocycles. The molecule has 1 heterocycles. The van der Waals surface area contributed by atoms with Crippen molar-refractivity contribution in [3.63, 3.8) is 0 Å². The number of carbonyl (C=O) groups is 2. The van der Waals surface area contributed by atoms with E-state index < -0.39 is 0 Å². The Bertz CT molecular complexity index is 278. The van der Waals surface area contributed by atoms with E-state index in [-0.39, 0.29) is 23.9 Å². The fraction of sp³-hybridized carbons (Fsp3) is 0.818. The molecule has 0 aromatic rings. The fourth-order valence-electron chi connectivity index (χ4n) is 2.49. The summed E-state index contributed by atoms with van der Waals surface area (Å²) in [6, 6.07) is -0.0699. The summed E-state index contributed by atoms with van der Waals surface area (Å²) in [6.07, 6.45) is 4.86. The van der Waals surface area contributed by atoms with Gasteiger partial charge in [-0.25, -0.2) is 4.79 Å². The second kappa shape index (κ2) is 4.21. The first-order valence-corrected chi connectivity index (χ1v) is 5.86. The third-order valence-electron chi connectivity index (χ3n) is 3.39. The first-order valence-electron chi connectivity index (χ1n) is 5.86. The van der Waals surface area contributed by atoms with Gasteiger partial charge in [0.15, 0.2) is 0 Å². The van der Waals surface area contributed by atoms with E-state index in [2.05, 4.69) is 12.2 Å². The molecule has 84 valence electrons. The first-order chi connectivity index (χ1) is 7.24. The minimum absolute atomic E-state index is 0.0506. The van der Waals surface area contributed by atoms with Gasteiger partial charge in [-0.3, -0.25) is 9.69 Å². The molecule has 0 radical (unpaired) electrons. The number of unbranched alkanes of at least 4 members (excludes halogenated alkanes) is 1. The highest BCUT2D eigenvalue weighted by atomic mass is 16.2. The van der Waals surface area contributed by atoms with E-state index >= 15 is 0 Å². The van der Waals surface area contributed by atoms with Crippen LogP contribution in [0.3, 0.4) is 0 Å². The lowest BCUT2D eigenvalue weighted by molar-refractivity contribution is -0.134. The van der Waals surface area contributed by atoms with Gasteiger partial charge in [0, 0.05) is 12.6 Å². The third kappa shape index (κ3) is 1.85. The van der Waals surface area contributed by atoms with Crippen LogP contribution in [-0.4, -0.2) is 29.4 Å². The number of fused-ring (bicyclic) bond motifs is 1. The van der Waals surface area contributed by atoms with Crippen LogP contribution in [0.5, 0.6) is 0 Å². The number of amides is 3. The third-order valence-corrected chi connectivity index (χ3v) is 3.39. The van der Waals surface area contributed by atoms with Gasteiger partial charge >= 0.3 is 6.03 Å². The Morgan fingerprint density at radius 3 is 2.93 bits per heavy atom. The Hall–Kier alpha value is -1.06. The summed E-state index contributed by atoms with van der Waals surface area (Å²) >= 11 is 0. The monoisotopic (exact) mass is 210 g/mol. The molecule has 0 spiro atoms. The van der Waals surface area contributed by atoms with Crippen LogP contribution in [0, 0.1) is 5.92 Å². The number of hydrogen-bond acceptors (Lipinski definition) is 2. The average molecular weight is 210 g/mol. The summed E-state index contributed by atoms with van der Waals surface area (Å²) in [5, 5.41) is 2.93. The Kier molecular flexibility index (Phi) is 2.93. The lowest BCUT2D eigenvalue weighted by atomic mass is 9.99. The van der Waals surface area contributed by atoms with E-state index in [1.54, 1.807) is 0 Å². The van der Waals surface area contributed by atoms with Gasteiger partial charge in [0.25, 0.3) is 0 Å². The number of hydrogen-bond donors (Lipinski definition) is 1. The molecule has 0 bridgehead atoms. The van der Waals surface area contributed by atoms with Crippen molar-refractivity contribution in [2.24, 2.45) is 5.92 Å². The van der Waals surface area contributed by atoms with Crippen LogP contribution in [0.4, 0.5) is 4.79 Å². The van der Waals surface area contributed by atoms with Gasteiger partial charge in [-0.2, -0.15) is 0 Å². The van der Waals surface area contributed by atoms with Gasteiger partial charge < -0.3 is 5.32 Å². The summed E-state index contributed by atoms with van der Waals surface area (Å²) in [5.41, 5.74) is 0. The maximum absolute atomic E-state index is 12.0. The molecule has 1 saturated heterocycles. The normalized spacial score (nSPS) is 30.3. The molecule has 1 saturated carbocycles. The number of nitrogens with zero attached hydrogens (tertiary/aromatic N) is 1. The second-order valence-electron chi connectivity index (χ2n) is 4.44. The molecule has 3 amide bonds. The second-order valence-corrected chi connectivity index (χ2v) is 4.44. The zero-order chi connectivity index (χ0) is 10.8. The summed E-state index contributed by atoms with van der Waals surface area (Å²) in [5.74, 6) is 0.106. The van der Waals surface area contributed by atoms with Crippen LogP contribution >= 0.6 is 0 Å². The zero-order valence-corrected chi connectivity index (χ0v) is 9.16. The van der Waals surface area contributed by atoms with Crippen LogP contribution in [-0.2, 0) is 4.79 Å². The number of rotatable bonds is 3. The Balaban J connectivity index is 2.04. The van der Waals surface area contributed by atoms with Gasteiger partial charge in [0.1, 0.15) is 0 Å². The zero-order valence-electron chi connectivity index (χ0n) is 9.16. The average Bonchev–Trinajstić information content (AvgIpc) is 2.65. The summed E-state index contributed by atoms with van der Waals surface area (Å²) in [4.78, 5) is 25.0. The lowest BCUT2D eigenvalue weighted by Crippen LogP contribution is -2.58. The molecule has 2 fully saturated rings. The van der Waals surface area contributed by atoms with Crippen molar-refractivity contribution in [2.45, 2.75) is 45.1 Å². The van der Waals surface area contributed by atoms with Crippen LogP contribution in [0.1, 0.15) is 39.0 Å². The van der Waals surface area contributed by atoms with Gasteiger partial charge in [-0.05, 0) is 19.3 Å². The Morgan fingerprint density at radius 2 is 2.20 bits per heavy atom. The highest BCUT2D eigenvalue weighted by Crippen LogP contribution is 2.30. The minimum atomic E-state index is -0.184. The van der Waals surface area contributed by atoms with Crippen molar-refractivity contribution in [1.82, 2.24) is 10.2 Å². The van der Waals surface area contributed by atoms with Crippen LogP contribution in [0.25, 0.3) is 0 Å². The smallest absolute Gasteiger partial charge is 0.324 e. The summed E-state index contributed by atoms with van der Waals surface area (Å²) < 4.78 is 0. The molecule has 2 aliphatic rings. The molecule has 2 unspecified atom stereocenters. The van der Waals surface area contributed by atoms with Crippen molar-refractivity contribution in [3.05, 3.63) is 0 Å². The largest absolute Gasteiger partial charge is 0.334 e. The number of carbonyl (C=O) groups excluding carboxylic acids is 2. The van der Waals surface area contributed by atoms with E-state index in [1.807, 2.05) is 0 Å². The predicted octanol–water partition coefficient (Wildman–Crippen LogP) is 1.51. The van der Waals surface area contributed by atoms with E-state index in [0.29, 0.717) is 6.54 Å². The van der Waals surface area contributed by atoms with Crippen LogP contribution in [0.2, 0.25) is 0 Å². The molecule has 4 heteroatoms. The molecular formula is C11H18N2O2. The topological polar surface area (TPSA) is 49.4 Å². The molecule has 15 heavy (non-hydrogen) atoms. The van der Waals surface area contributed by atoms with E-state index in [0.717, 1.165) is 32.1 Å². The van der Waals surface area contributed by atoms with E-state index in [4.69, 9.17) is 0 Å². The van der Waals surface area contributed by atoms with Crippen molar-refractivity contribution < 1.29 is 9.59 Å². The maximum Gasteiger partial charge on any atom is 0.324 e. The van der Waals surface area contributed by atoms with Crippen molar-refractivity contribution >= 4 is 11.9 Å². The van der Waals surface area contributed by atoms with Crippen molar-refractivity contribution in [3.8, 4) is 0 Å². The number of urea groups is 1. The molecular weight excluding hydrogens is 192 g/mol. The quantitative estimate of drug-likeness (QED) is 0.767. The van der Waals surface area contributed by atoms with E-state index in [9.17, 15) is 9.59 Å². The standard InChI is InChI=1S/C11H18N2O2/c1-2-3-7-13-10(14)8-5-4-6-9(8)12-11(13)15/h8-9H,2-7H2,1H3,(H,12,15). The van der Waals surface area contributed by atoms with Crippen molar-refractivity contribution in [1.29, 1.82) is 0 Å². The van der Waals surface area contributed by atoms with Gasteiger partial charge in [0.05, 0.1) is 5.92 Å². The van der Waals surface area contributed by atoms with Crippen LogP contribution < -0.4 is 5.32 Å². The highest BCUT2D eigenvalue weighted by Gasteiger charge is 2.42.